The lowest BCUT2D eigenvalue weighted by Gasteiger charge is -2.33. The molecule has 0 bridgehead atoms. The molecule has 2 aromatic rings. The lowest BCUT2D eigenvalue weighted by atomic mass is 10.00. The second kappa shape index (κ2) is 11.5. The van der Waals surface area contributed by atoms with Gasteiger partial charge in [-0.15, -0.1) is 0 Å². The molecule has 0 radical (unpaired) electrons. The van der Waals surface area contributed by atoms with Gasteiger partial charge in [-0.1, -0.05) is 68.8 Å². The molecule has 0 aliphatic heterocycles. The van der Waals surface area contributed by atoms with Crippen LogP contribution in [0.2, 0.25) is 5.02 Å². The Hall–Kier alpha value is -2.33. The van der Waals surface area contributed by atoms with Crippen LogP contribution >= 0.6 is 11.6 Å². The summed E-state index contributed by atoms with van der Waals surface area (Å²) in [4.78, 5) is 28.1. The molecule has 1 N–H and O–H groups in total. The number of nitrogens with one attached hydrogen (secondary N) is 1. The Morgan fingerprint density at radius 2 is 1.53 bits per heavy atom. The molecule has 32 heavy (non-hydrogen) atoms. The quantitative estimate of drug-likeness (QED) is 0.494. The molecule has 0 heterocycles. The Morgan fingerprint density at radius 1 is 0.969 bits per heavy atom. The molecule has 2 rings (SSSR count). The van der Waals surface area contributed by atoms with Crippen LogP contribution in [-0.4, -0.2) is 28.3 Å². The highest BCUT2D eigenvalue weighted by Crippen LogP contribution is 2.19. The van der Waals surface area contributed by atoms with E-state index in [-0.39, 0.29) is 17.4 Å². The number of carbonyl (C=O) groups is 2. The molecule has 0 aliphatic carbocycles. The molecule has 2 aromatic carbocycles. The van der Waals surface area contributed by atoms with E-state index in [4.69, 9.17) is 11.6 Å². The van der Waals surface area contributed by atoms with Crippen molar-refractivity contribution in [1.29, 1.82) is 0 Å². The van der Waals surface area contributed by atoms with Crippen molar-refractivity contribution in [1.82, 2.24) is 10.2 Å². The summed E-state index contributed by atoms with van der Waals surface area (Å²) in [5.74, 6) is 0.333. The molecule has 1 atom stereocenters. The van der Waals surface area contributed by atoms with Crippen molar-refractivity contribution < 1.29 is 9.59 Å². The molecule has 174 valence electrons. The summed E-state index contributed by atoms with van der Waals surface area (Å²) < 4.78 is 0. The zero-order valence-electron chi connectivity index (χ0n) is 20.2. The second-order valence-electron chi connectivity index (χ2n) is 9.71. The summed E-state index contributed by atoms with van der Waals surface area (Å²) in [5.41, 5.74) is 3.00. The molecule has 4 nitrogen and oxygen atoms in total. The van der Waals surface area contributed by atoms with Crippen LogP contribution in [0.1, 0.15) is 77.0 Å². The molecule has 0 saturated heterocycles. The standard InChI is InChI=1S/C27H37ClN2O2/c1-7-24(26(32)29-27(4,5)6)30(18-21-10-15-23(28)16-11-21)25(31)17-12-20-8-13-22(14-9-20)19(2)3/h8-11,13-16,19,24H,7,12,17-18H2,1-6H3,(H,29,32)/t24-/m0/s1. The minimum absolute atomic E-state index is 0.0243. The fourth-order valence-corrected chi connectivity index (χ4v) is 3.75. The third-order valence-electron chi connectivity index (χ3n) is 5.42. The molecule has 0 saturated carbocycles. The fraction of sp³-hybridized carbons (Fsp3) is 0.481. The maximum atomic E-state index is 13.4. The monoisotopic (exact) mass is 456 g/mol. The summed E-state index contributed by atoms with van der Waals surface area (Å²) >= 11 is 6.03. The maximum Gasteiger partial charge on any atom is 0.243 e. The van der Waals surface area contributed by atoms with Crippen molar-refractivity contribution in [3.63, 3.8) is 0 Å². The van der Waals surface area contributed by atoms with Crippen LogP contribution in [0, 0.1) is 0 Å². The fourth-order valence-electron chi connectivity index (χ4n) is 3.62. The normalized spacial score (nSPS) is 12.5. The molecule has 0 aromatic heterocycles. The highest BCUT2D eigenvalue weighted by Gasteiger charge is 2.30. The molecule has 0 unspecified atom stereocenters. The Bertz CT molecular complexity index is 883. The van der Waals surface area contributed by atoms with E-state index >= 15 is 0 Å². The molecular formula is C27H37ClN2O2. The summed E-state index contributed by atoms with van der Waals surface area (Å²) in [7, 11) is 0. The van der Waals surface area contributed by atoms with E-state index in [9.17, 15) is 9.59 Å². The van der Waals surface area contributed by atoms with Gasteiger partial charge in [-0.05, 0) is 68.4 Å². The van der Waals surface area contributed by atoms with E-state index in [1.165, 1.54) is 5.56 Å². The van der Waals surface area contributed by atoms with Gasteiger partial charge < -0.3 is 10.2 Å². The van der Waals surface area contributed by atoms with E-state index in [0.717, 1.165) is 11.1 Å². The second-order valence-corrected chi connectivity index (χ2v) is 10.1. The Morgan fingerprint density at radius 3 is 2.03 bits per heavy atom. The van der Waals surface area contributed by atoms with Crippen LogP contribution < -0.4 is 5.32 Å². The van der Waals surface area contributed by atoms with Crippen molar-refractivity contribution in [3.05, 3.63) is 70.2 Å². The SMILES string of the molecule is CC[C@@H](C(=O)NC(C)(C)C)N(Cc1ccc(Cl)cc1)C(=O)CCc1ccc(C(C)C)cc1. The van der Waals surface area contributed by atoms with Crippen molar-refractivity contribution in [2.45, 2.75) is 84.8 Å². The van der Waals surface area contributed by atoms with E-state index < -0.39 is 6.04 Å². The van der Waals surface area contributed by atoms with Gasteiger partial charge >= 0.3 is 0 Å². The van der Waals surface area contributed by atoms with Crippen molar-refractivity contribution in [2.24, 2.45) is 0 Å². The van der Waals surface area contributed by atoms with E-state index in [2.05, 4.69) is 43.4 Å². The van der Waals surface area contributed by atoms with Crippen molar-refractivity contribution in [3.8, 4) is 0 Å². The van der Waals surface area contributed by atoms with Gasteiger partial charge in [-0.2, -0.15) is 0 Å². The molecule has 0 spiro atoms. The predicted octanol–water partition coefficient (Wildman–Crippen LogP) is 6.12. The van der Waals surface area contributed by atoms with Crippen LogP contribution in [-0.2, 0) is 22.6 Å². The van der Waals surface area contributed by atoms with Gasteiger partial charge in [-0.3, -0.25) is 9.59 Å². The lowest BCUT2D eigenvalue weighted by molar-refractivity contribution is -0.142. The van der Waals surface area contributed by atoms with Gasteiger partial charge in [0.2, 0.25) is 11.8 Å². The van der Waals surface area contributed by atoms with Gasteiger partial charge in [0.05, 0.1) is 0 Å². The number of carbonyl (C=O) groups excluding carboxylic acids is 2. The van der Waals surface area contributed by atoms with Crippen LogP contribution in [0.4, 0.5) is 0 Å². The number of halogens is 1. The number of aryl methyl sites for hydroxylation is 1. The van der Waals surface area contributed by atoms with Crippen LogP contribution in [0.5, 0.6) is 0 Å². The van der Waals surface area contributed by atoms with E-state index in [0.29, 0.717) is 36.7 Å². The summed E-state index contributed by atoms with van der Waals surface area (Å²) in [5, 5.41) is 3.68. The maximum absolute atomic E-state index is 13.4. The first-order valence-electron chi connectivity index (χ1n) is 11.4. The molecular weight excluding hydrogens is 420 g/mol. The Kier molecular flexibility index (Phi) is 9.33. The Labute approximate surface area is 198 Å². The number of hydrogen-bond donors (Lipinski definition) is 1. The predicted molar refractivity (Wildman–Crippen MR) is 133 cm³/mol. The first kappa shape index (κ1) is 25.9. The van der Waals surface area contributed by atoms with Gasteiger partial charge in [0.1, 0.15) is 6.04 Å². The van der Waals surface area contributed by atoms with Crippen LogP contribution in [0.15, 0.2) is 48.5 Å². The smallest absolute Gasteiger partial charge is 0.243 e. The zero-order valence-corrected chi connectivity index (χ0v) is 21.0. The Balaban J connectivity index is 2.20. The molecule has 5 heteroatoms. The van der Waals surface area contributed by atoms with Crippen LogP contribution in [0.3, 0.4) is 0 Å². The van der Waals surface area contributed by atoms with E-state index in [1.807, 2.05) is 52.0 Å². The number of hydrogen-bond acceptors (Lipinski definition) is 2. The zero-order chi connectivity index (χ0) is 23.9. The average Bonchev–Trinajstić information content (AvgIpc) is 2.72. The topological polar surface area (TPSA) is 49.4 Å². The molecule has 0 aliphatic rings. The first-order valence-corrected chi connectivity index (χ1v) is 11.8. The third kappa shape index (κ3) is 7.98. The highest BCUT2D eigenvalue weighted by atomic mass is 35.5. The van der Waals surface area contributed by atoms with E-state index in [1.54, 1.807) is 4.90 Å². The largest absolute Gasteiger partial charge is 0.350 e. The van der Waals surface area contributed by atoms with Gasteiger partial charge in [0.25, 0.3) is 0 Å². The van der Waals surface area contributed by atoms with Crippen LogP contribution in [0.25, 0.3) is 0 Å². The van der Waals surface area contributed by atoms with Gasteiger partial charge in [0, 0.05) is 23.5 Å². The van der Waals surface area contributed by atoms with Crippen molar-refractivity contribution in [2.75, 3.05) is 0 Å². The van der Waals surface area contributed by atoms with Crippen molar-refractivity contribution >= 4 is 23.4 Å². The summed E-state index contributed by atoms with van der Waals surface area (Å²) in [6, 6.07) is 15.3. The number of benzene rings is 2. The first-order chi connectivity index (χ1) is 15.0. The summed E-state index contributed by atoms with van der Waals surface area (Å²) in [6.45, 7) is 12.5. The van der Waals surface area contributed by atoms with Gasteiger partial charge in [-0.25, -0.2) is 0 Å². The minimum Gasteiger partial charge on any atom is -0.350 e. The third-order valence-corrected chi connectivity index (χ3v) is 5.68. The molecule has 0 fully saturated rings. The molecule has 2 amide bonds. The number of amides is 2. The minimum atomic E-state index is -0.527. The van der Waals surface area contributed by atoms with Gasteiger partial charge in [0.15, 0.2) is 0 Å². The average molecular weight is 457 g/mol. The number of nitrogens with zero attached hydrogens (tertiary/aromatic N) is 1. The summed E-state index contributed by atoms with van der Waals surface area (Å²) in [6.07, 6.45) is 1.55. The lowest BCUT2D eigenvalue weighted by Crippen LogP contribution is -2.53. The number of rotatable bonds is 9. The highest BCUT2D eigenvalue weighted by molar-refractivity contribution is 6.30.